The van der Waals surface area contributed by atoms with Gasteiger partial charge in [0.1, 0.15) is 11.0 Å². The van der Waals surface area contributed by atoms with E-state index in [2.05, 4.69) is 32.6 Å². The van der Waals surface area contributed by atoms with E-state index in [9.17, 15) is 4.79 Å². The number of nitrogens with zero attached hydrogens (tertiary/aromatic N) is 5. The number of carbonyl (C=O) groups is 1. The number of aromatic nitrogens is 5. The molecule has 8 heteroatoms. The Bertz CT molecular complexity index is 1300. The zero-order valence-electron chi connectivity index (χ0n) is 17.0. The average molecular weight is 433 g/mol. The largest absolute Gasteiger partial charge is 0.327 e. The Morgan fingerprint density at radius 1 is 1.13 bits per heavy atom. The molecule has 1 aliphatic heterocycles. The van der Waals surface area contributed by atoms with E-state index >= 15 is 0 Å². The summed E-state index contributed by atoms with van der Waals surface area (Å²) >= 11 is 6.43. The number of aryl methyl sites for hydroxylation is 1. The van der Waals surface area contributed by atoms with Gasteiger partial charge >= 0.3 is 0 Å². The number of hydrogen-bond acceptors (Lipinski definition) is 4. The number of amides is 1. The van der Waals surface area contributed by atoms with Crippen molar-refractivity contribution < 1.29 is 4.79 Å². The standard InChI is InChI=1S/C23H21ClN6O/c1-29-22(18(24)11-25-29)10-21-17-9-15(14-3-4-14)5-6-16(17)23(31)30(21)12-13-2-7-19-20(8-13)27-28-26-19/h2,5-9,11,14,21H,3-4,10,12H2,1H3,(H,26,27,28). The fourth-order valence-corrected chi connectivity index (χ4v) is 4.86. The van der Waals surface area contributed by atoms with Crippen LogP contribution >= 0.6 is 11.6 Å². The molecule has 2 aromatic heterocycles. The summed E-state index contributed by atoms with van der Waals surface area (Å²) in [4.78, 5) is 15.4. The Labute approximate surface area is 184 Å². The quantitative estimate of drug-likeness (QED) is 0.513. The molecular weight excluding hydrogens is 412 g/mol. The highest BCUT2D eigenvalue weighted by molar-refractivity contribution is 6.31. The molecule has 1 fully saturated rings. The number of carbonyl (C=O) groups excluding carboxylic acids is 1. The van der Waals surface area contributed by atoms with Crippen LogP contribution in [0.5, 0.6) is 0 Å². The van der Waals surface area contributed by atoms with Gasteiger partial charge in [-0.3, -0.25) is 9.48 Å². The second-order valence-electron chi connectivity index (χ2n) is 8.48. The van der Waals surface area contributed by atoms with Gasteiger partial charge < -0.3 is 4.90 Å². The molecule has 1 N–H and O–H groups in total. The fraction of sp³-hybridized carbons (Fsp3) is 0.304. The molecule has 156 valence electrons. The van der Waals surface area contributed by atoms with Crippen LogP contribution in [0, 0.1) is 0 Å². The minimum Gasteiger partial charge on any atom is -0.327 e. The fourth-order valence-electron chi connectivity index (χ4n) is 4.62. The molecule has 0 radical (unpaired) electrons. The van der Waals surface area contributed by atoms with Crippen LogP contribution in [0.2, 0.25) is 5.02 Å². The number of benzene rings is 2. The van der Waals surface area contributed by atoms with Crippen molar-refractivity contribution in [3.63, 3.8) is 0 Å². The maximum absolute atomic E-state index is 13.5. The third kappa shape index (κ3) is 3.11. The van der Waals surface area contributed by atoms with Crippen LogP contribution in [0.15, 0.2) is 42.6 Å². The van der Waals surface area contributed by atoms with Crippen LogP contribution in [-0.2, 0) is 20.0 Å². The summed E-state index contributed by atoms with van der Waals surface area (Å²) in [6.07, 6.45) is 4.74. The third-order valence-corrected chi connectivity index (χ3v) is 6.80. The van der Waals surface area contributed by atoms with Gasteiger partial charge in [0.2, 0.25) is 0 Å². The van der Waals surface area contributed by atoms with Crippen LogP contribution in [0.25, 0.3) is 11.0 Å². The van der Waals surface area contributed by atoms with Crippen molar-refractivity contribution >= 4 is 28.5 Å². The van der Waals surface area contributed by atoms with Gasteiger partial charge in [0.15, 0.2) is 0 Å². The van der Waals surface area contributed by atoms with E-state index in [1.54, 1.807) is 10.9 Å². The van der Waals surface area contributed by atoms with Crippen molar-refractivity contribution in [3.8, 4) is 0 Å². The van der Waals surface area contributed by atoms with Crippen molar-refractivity contribution in [1.29, 1.82) is 0 Å². The molecule has 2 aliphatic rings. The molecule has 1 amide bonds. The molecule has 1 unspecified atom stereocenters. The number of hydrogen-bond donors (Lipinski definition) is 1. The van der Waals surface area contributed by atoms with E-state index in [4.69, 9.17) is 11.6 Å². The summed E-state index contributed by atoms with van der Waals surface area (Å²) < 4.78 is 1.80. The molecule has 1 atom stereocenters. The van der Waals surface area contributed by atoms with Crippen molar-refractivity contribution in [2.24, 2.45) is 7.05 Å². The second kappa shape index (κ2) is 6.92. The van der Waals surface area contributed by atoms with E-state index in [0.717, 1.165) is 33.4 Å². The van der Waals surface area contributed by atoms with E-state index in [1.165, 1.54) is 18.4 Å². The first-order valence-corrected chi connectivity index (χ1v) is 10.9. The topological polar surface area (TPSA) is 79.7 Å². The molecule has 3 heterocycles. The van der Waals surface area contributed by atoms with Gasteiger partial charge in [-0.15, -0.1) is 0 Å². The lowest BCUT2D eigenvalue weighted by atomic mass is 9.96. The molecule has 7 nitrogen and oxygen atoms in total. The van der Waals surface area contributed by atoms with Gasteiger partial charge in [-0.1, -0.05) is 29.8 Å². The maximum Gasteiger partial charge on any atom is 0.255 e. The minimum atomic E-state index is -0.0953. The monoisotopic (exact) mass is 432 g/mol. The van der Waals surface area contributed by atoms with E-state index < -0.39 is 0 Å². The lowest BCUT2D eigenvalue weighted by molar-refractivity contribution is 0.0708. The van der Waals surface area contributed by atoms with Crippen LogP contribution in [-0.4, -0.2) is 36.0 Å². The molecule has 4 aromatic rings. The molecule has 0 saturated heterocycles. The van der Waals surface area contributed by atoms with E-state index in [-0.39, 0.29) is 11.9 Å². The minimum absolute atomic E-state index is 0.0564. The first-order chi connectivity index (χ1) is 15.1. The van der Waals surface area contributed by atoms with Crippen LogP contribution in [0.1, 0.15) is 57.5 Å². The molecule has 0 bridgehead atoms. The van der Waals surface area contributed by atoms with Crippen molar-refractivity contribution in [3.05, 3.63) is 75.6 Å². The number of fused-ring (bicyclic) bond motifs is 2. The zero-order valence-corrected chi connectivity index (χ0v) is 17.8. The summed E-state index contributed by atoms with van der Waals surface area (Å²) in [5.41, 5.74) is 6.77. The third-order valence-electron chi connectivity index (χ3n) is 6.48. The van der Waals surface area contributed by atoms with Crippen molar-refractivity contribution in [1.82, 2.24) is 30.1 Å². The van der Waals surface area contributed by atoms with Gasteiger partial charge in [0.25, 0.3) is 5.91 Å². The lowest BCUT2D eigenvalue weighted by Crippen LogP contribution is -2.29. The molecular formula is C23H21ClN6O. The normalized spacial score (nSPS) is 18.2. The SMILES string of the molecule is Cn1ncc(Cl)c1CC1c2cc(C3CC3)ccc2C(=O)N1Cc1ccc2n[nH]nc2c1. The van der Waals surface area contributed by atoms with Gasteiger partial charge in [0, 0.05) is 25.6 Å². The second-order valence-corrected chi connectivity index (χ2v) is 8.89. The highest BCUT2D eigenvalue weighted by Gasteiger charge is 2.38. The molecule has 31 heavy (non-hydrogen) atoms. The average Bonchev–Trinajstić information content (AvgIpc) is 3.37. The highest BCUT2D eigenvalue weighted by Crippen LogP contribution is 2.44. The summed E-state index contributed by atoms with van der Waals surface area (Å²) in [5, 5.41) is 15.9. The predicted octanol–water partition coefficient (Wildman–Crippen LogP) is 4.16. The Morgan fingerprint density at radius 3 is 2.74 bits per heavy atom. The summed E-state index contributed by atoms with van der Waals surface area (Å²) in [6, 6.07) is 12.2. The molecule has 2 aromatic carbocycles. The van der Waals surface area contributed by atoms with E-state index in [0.29, 0.717) is 23.9 Å². The van der Waals surface area contributed by atoms with Crippen molar-refractivity contribution in [2.45, 2.75) is 37.8 Å². The maximum atomic E-state index is 13.5. The van der Waals surface area contributed by atoms with Gasteiger partial charge in [-0.25, -0.2) is 0 Å². The molecule has 1 saturated carbocycles. The molecule has 0 spiro atoms. The van der Waals surface area contributed by atoms with Gasteiger partial charge in [0.05, 0.1) is 23.0 Å². The highest BCUT2D eigenvalue weighted by atomic mass is 35.5. The van der Waals surface area contributed by atoms with Gasteiger partial charge in [-0.05, 0) is 53.6 Å². The number of nitrogens with one attached hydrogen (secondary N) is 1. The van der Waals surface area contributed by atoms with Crippen LogP contribution in [0.3, 0.4) is 0 Å². The Balaban J connectivity index is 1.40. The Hall–Kier alpha value is -3.19. The number of aromatic amines is 1. The Kier molecular flexibility index (Phi) is 4.14. The first kappa shape index (κ1) is 18.6. The predicted molar refractivity (Wildman–Crippen MR) is 117 cm³/mol. The zero-order chi connectivity index (χ0) is 21.1. The number of halogens is 1. The summed E-state index contributed by atoms with van der Waals surface area (Å²) in [6.45, 7) is 0.495. The summed E-state index contributed by atoms with van der Waals surface area (Å²) in [7, 11) is 1.89. The molecule has 1 aliphatic carbocycles. The van der Waals surface area contributed by atoms with Crippen molar-refractivity contribution in [2.75, 3.05) is 0 Å². The number of rotatable bonds is 5. The smallest absolute Gasteiger partial charge is 0.255 e. The first-order valence-electron chi connectivity index (χ1n) is 10.5. The Morgan fingerprint density at radius 2 is 1.97 bits per heavy atom. The van der Waals surface area contributed by atoms with Crippen LogP contribution in [0.4, 0.5) is 0 Å². The van der Waals surface area contributed by atoms with Gasteiger partial charge in [-0.2, -0.15) is 20.5 Å². The van der Waals surface area contributed by atoms with E-state index in [1.807, 2.05) is 36.2 Å². The number of H-pyrrole nitrogens is 1. The molecule has 6 rings (SSSR count). The van der Waals surface area contributed by atoms with Crippen LogP contribution < -0.4 is 0 Å². The summed E-state index contributed by atoms with van der Waals surface area (Å²) in [5.74, 6) is 0.686. The lowest BCUT2D eigenvalue weighted by Gasteiger charge is -2.26.